The summed E-state index contributed by atoms with van der Waals surface area (Å²) < 4.78 is 6.12. The van der Waals surface area contributed by atoms with Crippen molar-refractivity contribution in [3.05, 3.63) is 24.3 Å². The molecule has 0 bridgehead atoms. The van der Waals surface area contributed by atoms with E-state index in [1.807, 2.05) is 0 Å². The Morgan fingerprint density at radius 2 is 1.34 bits per heavy atom. The molecule has 1 aromatic carbocycles. The van der Waals surface area contributed by atoms with Crippen LogP contribution >= 0.6 is 0 Å². The van der Waals surface area contributed by atoms with Gasteiger partial charge in [-0.05, 0) is 65.5 Å². The molecule has 1 aromatic rings. The minimum atomic E-state index is 0.191. The summed E-state index contributed by atoms with van der Waals surface area (Å²) in [6, 6.07) is 8.78. The van der Waals surface area contributed by atoms with E-state index in [1.54, 1.807) is 0 Å². The lowest BCUT2D eigenvalue weighted by atomic mass is 9.79. The molecule has 0 atom stereocenters. The first-order valence-electron chi connectivity index (χ1n) is 12.4. The van der Waals surface area contributed by atoms with E-state index in [-0.39, 0.29) is 11.1 Å². The molecule has 2 heteroatoms. The Kier molecular flexibility index (Phi) is 9.86. The van der Waals surface area contributed by atoms with Crippen LogP contribution in [-0.2, 0) is 0 Å². The molecule has 2 nitrogen and oxygen atoms in total. The van der Waals surface area contributed by atoms with Crippen LogP contribution in [0.25, 0.3) is 0 Å². The molecule has 1 aliphatic rings. The first-order chi connectivity index (χ1) is 13.9. The number of ether oxygens (including phenoxy) is 1. The highest BCUT2D eigenvalue weighted by molar-refractivity contribution is 5.55. The zero-order valence-electron chi connectivity index (χ0n) is 20.1. The van der Waals surface area contributed by atoms with Crippen molar-refractivity contribution in [2.45, 2.75) is 129 Å². The van der Waals surface area contributed by atoms with Gasteiger partial charge in [-0.1, -0.05) is 70.8 Å². The molecular weight excluding hydrogens is 354 g/mol. The Morgan fingerprint density at radius 3 is 1.93 bits per heavy atom. The molecular formula is C27H47NO. The zero-order chi connectivity index (χ0) is 21.2. The summed E-state index contributed by atoms with van der Waals surface area (Å²) in [5.74, 6) is 1.02. The Labute approximate surface area is 181 Å². The van der Waals surface area contributed by atoms with E-state index in [2.05, 4.69) is 63.8 Å². The monoisotopic (exact) mass is 401 g/mol. The summed E-state index contributed by atoms with van der Waals surface area (Å²) in [6.45, 7) is 12.6. The van der Waals surface area contributed by atoms with Crippen LogP contribution in [0.15, 0.2) is 24.3 Å². The van der Waals surface area contributed by atoms with Gasteiger partial charge in [0.05, 0.1) is 6.61 Å². The lowest BCUT2D eigenvalue weighted by Gasteiger charge is -2.54. The van der Waals surface area contributed by atoms with Crippen LogP contribution in [0.3, 0.4) is 0 Å². The van der Waals surface area contributed by atoms with Gasteiger partial charge in [-0.2, -0.15) is 0 Å². The van der Waals surface area contributed by atoms with Crippen LogP contribution < -0.4 is 9.64 Å². The third-order valence-corrected chi connectivity index (χ3v) is 6.63. The second-order valence-corrected chi connectivity index (χ2v) is 10.3. The number of nitrogens with zero attached hydrogens (tertiary/aromatic N) is 1. The average molecular weight is 402 g/mol. The quantitative estimate of drug-likeness (QED) is 0.307. The minimum Gasteiger partial charge on any atom is -0.494 e. The maximum atomic E-state index is 6.12. The van der Waals surface area contributed by atoms with Gasteiger partial charge in [0.2, 0.25) is 0 Å². The molecule has 0 unspecified atom stereocenters. The molecule has 1 heterocycles. The molecule has 0 aromatic heterocycles. The highest BCUT2D eigenvalue weighted by atomic mass is 16.5. The van der Waals surface area contributed by atoms with Crippen LogP contribution in [0, 0.1) is 0 Å². The van der Waals surface area contributed by atoms with Crippen molar-refractivity contribution >= 4 is 5.69 Å². The molecule has 0 radical (unpaired) electrons. The molecule has 0 saturated carbocycles. The van der Waals surface area contributed by atoms with Gasteiger partial charge < -0.3 is 9.64 Å². The summed E-state index contributed by atoms with van der Waals surface area (Å²) in [5, 5.41) is 0. The van der Waals surface area contributed by atoms with Crippen LogP contribution in [0.4, 0.5) is 5.69 Å². The predicted octanol–water partition coefficient (Wildman–Crippen LogP) is 8.53. The highest BCUT2D eigenvalue weighted by Crippen LogP contribution is 2.42. The fraction of sp³-hybridized carbons (Fsp3) is 0.778. The van der Waals surface area contributed by atoms with Crippen molar-refractivity contribution < 1.29 is 4.74 Å². The van der Waals surface area contributed by atoms with E-state index in [4.69, 9.17) is 4.74 Å². The van der Waals surface area contributed by atoms with Crippen molar-refractivity contribution in [3.63, 3.8) is 0 Å². The van der Waals surface area contributed by atoms with Gasteiger partial charge in [0.25, 0.3) is 0 Å². The van der Waals surface area contributed by atoms with Crippen LogP contribution in [0.2, 0.25) is 0 Å². The molecule has 1 saturated heterocycles. The number of hydrogen-bond acceptors (Lipinski definition) is 2. The molecule has 2 rings (SSSR count). The SMILES string of the molecule is CCCCCCCCCCCCOc1cccc(N2C(C)(C)CCCC2(C)C)c1. The number of unbranched alkanes of at least 4 members (excludes halogenated alkanes) is 9. The summed E-state index contributed by atoms with van der Waals surface area (Å²) in [5.41, 5.74) is 1.69. The molecule has 166 valence electrons. The number of rotatable bonds is 13. The van der Waals surface area contributed by atoms with Gasteiger partial charge in [-0.15, -0.1) is 0 Å². The van der Waals surface area contributed by atoms with Gasteiger partial charge in [0.1, 0.15) is 5.75 Å². The van der Waals surface area contributed by atoms with Gasteiger partial charge in [0, 0.05) is 22.8 Å². The van der Waals surface area contributed by atoms with Gasteiger partial charge in [-0.3, -0.25) is 0 Å². The van der Waals surface area contributed by atoms with Crippen molar-refractivity contribution in [2.75, 3.05) is 11.5 Å². The van der Waals surface area contributed by atoms with E-state index in [0.717, 1.165) is 12.4 Å². The van der Waals surface area contributed by atoms with E-state index >= 15 is 0 Å². The summed E-state index contributed by atoms with van der Waals surface area (Å²) in [7, 11) is 0. The average Bonchev–Trinajstić information content (AvgIpc) is 2.65. The van der Waals surface area contributed by atoms with Gasteiger partial charge >= 0.3 is 0 Å². The van der Waals surface area contributed by atoms with Crippen molar-refractivity contribution in [3.8, 4) is 5.75 Å². The summed E-state index contributed by atoms with van der Waals surface area (Å²) in [4.78, 5) is 2.62. The maximum absolute atomic E-state index is 6.12. The van der Waals surface area contributed by atoms with Gasteiger partial charge in [-0.25, -0.2) is 0 Å². The molecule has 0 aliphatic carbocycles. The normalized spacial score (nSPS) is 18.0. The first kappa shape index (κ1) is 24.1. The Bertz CT molecular complexity index is 562. The zero-order valence-corrected chi connectivity index (χ0v) is 20.1. The van der Waals surface area contributed by atoms with Crippen LogP contribution in [-0.4, -0.2) is 17.7 Å². The topological polar surface area (TPSA) is 12.5 Å². The summed E-state index contributed by atoms with van der Waals surface area (Å²) >= 11 is 0. The molecule has 1 fully saturated rings. The predicted molar refractivity (Wildman–Crippen MR) is 128 cm³/mol. The molecule has 1 aliphatic heterocycles. The third kappa shape index (κ3) is 7.87. The standard InChI is InChI=1S/C27H47NO/c1-6-7-8-9-10-11-12-13-14-15-22-29-25-19-16-18-24(23-25)28-26(2,3)20-17-21-27(28,4)5/h16,18-19,23H,6-15,17,20-22H2,1-5H3. The number of anilines is 1. The number of benzene rings is 1. The van der Waals surface area contributed by atoms with E-state index < -0.39 is 0 Å². The Balaban J connectivity index is 1.71. The lowest BCUT2D eigenvalue weighted by molar-refractivity contribution is 0.243. The number of hydrogen-bond donors (Lipinski definition) is 0. The highest BCUT2D eigenvalue weighted by Gasteiger charge is 2.41. The van der Waals surface area contributed by atoms with E-state index in [9.17, 15) is 0 Å². The fourth-order valence-corrected chi connectivity index (χ4v) is 5.19. The summed E-state index contributed by atoms with van der Waals surface area (Å²) in [6.07, 6.45) is 17.5. The van der Waals surface area contributed by atoms with E-state index in [0.29, 0.717) is 0 Å². The lowest BCUT2D eigenvalue weighted by Crippen LogP contribution is -2.58. The molecule has 29 heavy (non-hydrogen) atoms. The smallest absolute Gasteiger partial charge is 0.121 e. The second-order valence-electron chi connectivity index (χ2n) is 10.3. The van der Waals surface area contributed by atoms with Crippen molar-refractivity contribution in [2.24, 2.45) is 0 Å². The molecule has 0 spiro atoms. The largest absolute Gasteiger partial charge is 0.494 e. The Hall–Kier alpha value is -1.18. The third-order valence-electron chi connectivity index (χ3n) is 6.63. The molecule has 0 amide bonds. The maximum Gasteiger partial charge on any atom is 0.121 e. The Morgan fingerprint density at radius 1 is 0.793 bits per heavy atom. The first-order valence-corrected chi connectivity index (χ1v) is 12.4. The van der Waals surface area contributed by atoms with Crippen LogP contribution in [0.1, 0.15) is 118 Å². The van der Waals surface area contributed by atoms with Gasteiger partial charge in [0.15, 0.2) is 0 Å². The minimum absolute atomic E-state index is 0.191. The fourth-order valence-electron chi connectivity index (χ4n) is 5.19. The molecule has 0 N–H and O–H groups in total. The second kappa shape index (κ2) is 11.9. The van der Waals surface area contributed by atoms with Crippen molar-refractivity contribution in [1.29, 1.82) is 0 Å². The van der Waals surface area contributed by atoms with E-state index in [1.165, 1.54) is 89.2 Å². The van der Waals surface area contributed by atoms with Crippen molar-refractivity contribution in [1.82, 2.24) is 0 Å². The van der Waals surface area contributed by atoms with Crippen LogP contribution in [0.5, 0.6) is 5.75 Å². The number of piperidine rings is 1.